The van der Waals surface area contributed by atoms with E-state index in [1.807, 2.05) is 19.3 Å². The van der Waals surface area contributed by atoms with Gasteiger partial charge in [0.2, 0.25) is 0 Å². The quantitative estimate of drug-likeness (QED) is 0.824. The molecule has 0 bridgehead atoms. The number of pyridine rings is 1. The van der Waals surface area contributed by atoms with Gasteiger partial charge in [0, 0.05) is 17.6 Å². The van der Waals surface area contributed by atoms with Crippen molar-refractivity contribution in [1.29, 1.82) is 0 Å². The van der Waals surface area contributed by atoms with Crippen LogP contribution in [-0.2, 0) is 0 Å². The SMILES string of the molecule is CCC(NC)c1ccnc2ccccc12. The molecule has 0 saturated heterocycles. The van der Waals surface area contributed by atoms with Crippen molar-refractivity contribution in [3.8, 4) is 0 Å². The van der Waals surface area contributed by atoms with Crippen LogP contribution in [0.3, 0.4) is 0 Å². The van der Waals surface area contributed by atoms with E-state index in [1.165, 1.54) is 10.9 Å². The summed E-state index contributed by atoms with van der Waals surface area (Å²) >= 11 is 0. The van der Waals surface area contributed by atoms with Crippen LogP contribution in [0.5, 0.6) is 0 Å². The molecule has 0 aliphatic rings. The largest absolute Gasteiger partial charge is 0.313 e. The van der Waals surface area contributed by atoms with Crippen molar-refractivity contribution in [1.82, 2.24) is 10.3 Å². The van der Waals surface area contributed by atoms with Gasteiger partial charge in [-0.25, -0.2) is 0 Å². The molecule has 2 aromatic rings. The summed E-state index contributed by atoms with van der Waals surface area (Å²) in [5.74, 6) is 0. The molecule has 1 unspecified atom stereocenters. The number of hydrogen-bond donors (Lipinski definition) is 1. The third-order valence-corrected chi connectivity index (χ3v) is 2.81. The first-order valence-corrected chi connectivity index (χ1v) is 5.37. The molecule has 1 atom stereocenters. The van der Waals surface area contributed by atoms with E-state index in [0.29, 0.717) is 6.04 Å². The number of benzene rings is 1. The topological polar surface area (TPSA) is 24.9 Å². The molecule has 0 radical (unpaired) electrons. The minimum absolute atomic E-state index is 0.415. The van der Waals surface area contributed by atoms with Gasteiger partial charge in [0.15, 0.2) is 0 Å². The molecule has 2 nitrogen and oxygen atoms in total. The predicted molar refractivity (Wildman–Crippen MR) is 63.8 cm³/mol. The predicted octanol–water partition coefficient (Wildman–Crippen LogP) is 2.91. The average molecular weight is 200 g/mol. The molecule has 1 N–H and O–H groups in total. The summed E-state index contributed by atoms with van der Waals surface area (Å²) in [6, 6.07) is 10.8. The van der Waals surface area contributed by atoms with Crippen molar-refractivity contribution in [3.63, 3.8) is 0 Å². The minimum Gasteiger partial charge on any atom is -0.313 e. The van der Waals surface area contributed by atoms with Crippen molar-refractivity contribution < 1.29 is 0 Å². The zero-order chi connectivity index (χ0) is 10.7. The highest BCUT2D eigenvalue weighted by atomic mass is 14.9. The van der Waals surface area contributed by atoms with Crippen LogP contribution in [0.2, 0.25) is 0 Å². The molecule has 0 saturated carbocycles. The molecule has 2 heteroatoms. The molecule has 0 amide bonds. The zero-order valence-corrected chi connectivity index (χ0v) is 9.20. The van der Waals surface area contributed by atoms with Crippen LogP contribution in [-0.4, -0.2) is 12.0 Å². The molecule has 1 aromatic carbocycles. The number of fused-ring (bicyclic) bond motifs is 1. The molecule has 0 spiro atoms. The molecular formula is C13H16N2. The van der Waals surface area contributed by atoms with E-state index in [4.69, 9.17) is 0 Å². The third-order valence-electron chi connectivity index (χ3n) is 2.81. The smallest absolute Gasteiger partial charge is 0.0705 e. The molecule has 0 aliphatic carbocycles. The Labute approximate surface area is 90.3 Å². The standard InChI is InChI=1S/C13H16N2/c1-3-12(14-2)11-8-9-15-13-7-5-4-6-10(11)13/h4-9,12,14H,3H2,1-2H3. The first-order chi connectivity index (χ1) is 7.36. The molecule has 1 heterocycles. The maximum Gasteiger partial charge on any atom is 0.0705 e. The maximum atomic E-state index is 4.37. The lowest BCUT2D eigenvalue weighted by Crippen LogP contribution is -2.15. The number of aromatic nitrogens is 1. The van der Waals surface area contributed by atoms with Crippen LogP contribution < -0.4 is 5.32 Å². The van der Waals surface area contributed by atoms with Crippen molar-refractivity contribution in [3.05, 3.63) is 42.1 Å². The monoisotopic (exact) mass is 200 g/mol. The van der Waals surface area contributed by atoms with Crippen LogP contribution in [0.4, 0.5) is 0 Å². The number of nitrogens with one attached hydrogen (secondary N) is 1. The van der Waals surface area contributed by atoms with E-state index in [1.54, 1.807) is 0 Å². The Morgan fingerprint density at radius 3 is 2.80 bits per heavy atom. The number of rotatable bonds is 3. The second-order valence-corrected chi connectivity index (χ2v) is 3.67. The molecule has 0 aliphatic heterocycles. The van der Waals surface area contributed by atoms with Crippen LogP contribution in [0.15, 0.2) is 36.5 Å². The maximum absolute atomic E-state index is 4.37. The molecule has 2 rings (SSSR count). The Bertz CT molecular complexity index is 442. The van der Waals surface area contributed by atoms with E-state index >= 15 is 0 Å². The van der Waals surface area contributed by atoms with Gasteiger partial charge in [0.05, 0.1) is 5.52 Å². The second kappa shape index (κ2) is 4.41. The Morgan fingerprint density at radius 1 is 1.27 bits per heavy atom. The summed E-state index contributed by atoms with van der Waals surface area (Å²) in [4.78, 5) is 4.37. The van der Waals surface area contributed by atoms with Crippen LogP contribution in [0, 0.1) is 0 Å². The summed E-state index contributed by atoms with van der Waals surface area (Å²) in [5, 5.41) is 4.58. The van der Waals surface area contributed by atoms with Gasteiger partial charge >= 0.3 is 0 Å². The average Bonchev–Trinajstić information content (AvgIpc) is 2.31. The first kappa shape index (κ1) is 10.1. The van der Waals surface area contributed by atoms with Crippen molar-refractivity contribution in [2.45, 2.75) is 19.4 Å². The Balaban J connectivity index is 2.59. The summed E-state index contributed by atoms with van der Waals surface area (Å²) in [6.45, 7) is 2.19. The highest BCUT2D eigenvalue weighted by Crippen LogP contribution is 2.24. The number of hydrogen-bond acceptors (Lipinski definition) is 2. The van der Waals surface area contributed by atoms with E-state index in [0.717, 1.165) is 11.9 Å². The van der Waals surface area contributed by atoms with Gasteiger partial charge in [-0.15, -0.1) is 0 Å². The van der Waals surface area contributed by atoms with Crippen molar-refractivity contribution in [2.75, 3.05) is 7.05 Å². The normalized spacial score (nSPS) is 12.9. The fourth-order valence-corrected chi connectivity index (χ4v) is 2.00. The van der Waals surface area contributed by atoms with Crippen LogP contribution in [0.1, 0.15) is 24.9 Å². The fraction of sp³-hybridized carbons (Fsp3) is 0.308. The second-order valence-electron chi connectivity index (χ2n) is 3.67. The highest BCUT2D eigenvalue weighted by Gasteiger charge is 2.09. The van der Waals surface area contributed by atoms with E-state index < -0.39 is 0 Å². The molecular weight excluding hydrogens is 184 g/mol. The van der Waals surface area contributed by atoms with Gasteiger partial charge in [-0.1, -0.05) is 25.1 Å². The summed E-state index contributed by atoms with van der Waals surface area (Å²) in [5.41, 5.74) is 2.41. The number of nitrogens with zero attached hydrogens (tertiary/aromatic N) is 1. The Morgan fingerprint density at radius 2 is 2.07 bits per heavy atom. The zero-order valence-electron chi connectivity index (χ0n) is 9.20. The third kappa shape index (κ3) is 1.85. The summed E-state index contributed by atoms with van der Waals surface area (Å²) in [7, 11) is 2.00. The van der Waals surface area contributed by atoms with Gasteiger partial charge in [-0.2, -0.15) is 0 Å². The van der Waals surface area contributed by atoms with Gasteiger partial charge < -0.3 is 5.32 Å². The lowest BCUT2D eigenvalue weighted by molar-refractivity contribution is 0.580. The van der Waals surface area contributed by atoms with Crippen molar-refractivity contribution >= 4 is 10.9 Å². The van der Waals surface area contributed by atoms with Crippen molar-refractivity contribution in [2.24, 2.45) is 0 Å². The van der Waals surface area contributed by atoms with E-state index in [2.05, 4.69) is 41.5 Å². The van der Waals surface area contributed by atoms with E-state index in [-0.39, 0.29) is 0 Å². The lowest BCUT2D eigenvalue weighted by atomic mass is 10.0. The minimum atomic E-state index is 0.415. The lowest BCUT2D eigenvalue weighted by Gasteiger charge is -2.16. The Hall–Kier alpha value is -1.41. The van der Waals surface area contributed by atoms with Gasteiger partial charge in [-0.3, -0.25) is 4.98 Å². The van der Waals surface area contributed by atoms with Gasteiger partial charge in [0.1, 0.15) is 0 Å². The molecule has 1 aromatic heterocycles. The van der Waals surface area contributed by atoms with Gasteiger partial charge in [-0.05, 0) is 31.2 Å². The molecule has 78 valence electrons. The molecule has 0 fully saturated rings. The summed E-state index contributed by atoms with van der Waals surface area (Å²) < 4.78 is 0. The first-order valence-electron chi connectivity index (χ1n) is 5.37. The Kier molecular flexibility index (Phi) is 2.97. The van der Waals surface area contributed by atoms with Crippen LogP contribution >= 0.6 is 0 Å². The summed E-state index contributed by atoms with van der Waals surface area (Å²) in [6.07, 6.45) is 2.97. The van der Waals surface area contributed by atoms with E-state index in [9.17, 15) is 0 Å². The highest BCUT2D eigenvalue weighted by molar-refractivity contribution is 5.82. The van der Waals surface area contributed by atoms with Crippen LogP contribution in [0.25, 0.3) is 10.9 Å². The van der Waals surface area contributed by atoms with Gasteiger partial charge in [0.25, 0.3) is 0 Å². The number of para-hydroxylation sites is 1. The fourth-order valence-electron chi connectivity index (χ4n) is 2.00. The molecule has 15 heavy (non-hydrogen) atoms.